The zero-order chi connectivity index (χ0) is 27.7. The molecular weight excluding hydrogens is 494 g/mol. The number of benzene rings is 3. The smallest absolute Gasteiger partial charge is 0.0462 e. The molecular formula is C40H47N. The minimum absolute atomic E-state index is 0.762. The Hall–Kier alpha value is -3.32. The Morgan fingerprint density at radius 2 is 0.829 bits per heavy atom. The van der Waals surface area contributed by atoms with Crippen molar-refractivity contribution in [3.05, 3.63) is 108 Å². The van der Waals surface area contributed by atoms with Crippen LogP contribution in [-0.4, -0.2) is 0 Å². The molecule has 41 heavy (non-hydrogen) atoms. The van der Waals surface area contributed by atoms with Crippen molar-refractivity contribution in [2.75, 3.05) is 4.90 Å². The highest BCUT2D eigenvalue weighted by Gasteiger charge is 2.15. The van der Waals surface area contributed by atoms with Crippen LogP contribution in [0.5, 0.6) is 0 Å². The first-order chi connectivity index (χ1) is 20.3. The monoisotopic (exact) mass is 541 g/mol. The molecule has 0 amide bonds. The Morgan fingerprint density at radius 3 is 1.24 bits per heavy atom. The second kappa shape index (κ2) is 14.0. The van der Waals surface area contributed by atoms with Crippen molar-refractivity contribution >= 4 is 35.3 Å². The van der Waals surface area contributed by atoms with Gasteiger partial charge in [-0.05, 0) is 103 Å². The van der Waals surface area contributed by atoms with Crippen molar-refractivity contribution in [1.82, 2.24) is 0 Å². The van der Waals surface area contributed by atoms with Gasteiger partial charge in [-0.15, -0.1) is 0 Å². The van der Waals surface area contributed by atoms with Gasteiger partial charge in [0.15, 0.2) is 0 Å². The van der Waals surface area contributed by atoms with Crippen molar-refractivity contribution in [1.29, 1.82) is 0 Å². The SMILES string of the molecule is C(=Cc1ccc(N(c2ccc(C=CC3CCCC3)cc2)c2ccc(C=CC3CCCC3)cc2)cc1)CC1CCCC1. The van der Waals surface area contributed by atoms with Gasteiger partial charge in [0.05, 0.1) is 0 Å². The van der Waals surface area contributed by atoms with Gasteiger partial charge < -0.3 is 4.90 Å². The summed E-state index contributed by atoms with van der Waals surface area (Å²) in [5, 5.41) is 0. The third kappa shape index (κ3) is 7.70. The van der Waals surface area contributed by atoms with E-state index in [1.165, 1.54) is 117 Å². The van der Waals surface area contributed by atoms with Gasteiger partial charge in [0.1, 0.15) is 0 Å². The molecule has 3 fully saturated rings. The summed E-state index contributed by atoms with van der Waals surface area (Å²) < 4.78 is 0. The first-order valence-corrected chi connectivity index (χ1v) is 16.4. The lowest BCUT2D eigenvalue weighted by Crippen LogP contribution is -2.09. The Morgan fingerprint density at radius 1 is 0.463 bits per heavy atom. The van der Waals surface area contributed by atoms with Crippen LogP contribution in [0.1, 0.15) is 100 Å². The van der Waals surface area contributed by atoms with Crippen LogP contribution in [-0.2, 0) is 0 Å². The topological polar surface area (TPSA) is 3.24 Å². The largest absolute Gasteiger partial charge is 0.311 e. The molecule has 3 aliphatic carbocycles. The quantitative estimate of drug-likeness (QED) is 0.247. The van der Waals surface area contributed by atoms with Crippen molar-refractivity contribution in [3.63, 3.8) is 0 Å². The van der Waals surface area contributed by atoms with Crippen LogP contribution in [0.25, 0.3) is 18.2 Å². The van der Waals surface area contributed by atoms with E-state index in [0.29, 0.717) is 0 Å². The predicted octanol–water partition coefficient (Wildman–Crippen LogP) is 12.2. The molecule has 0 atom stereocenters. The third-order valence-corrected chi connectivity index (χ3v) is 9.63. The fourth-order valence-electron chi connectivity index (χ4n) is 7.09. The fourth-order valence-corrected chi connectivity index (χ4v) is 7.09. The van der Waals surface area contributed by atoms with Crippen LogP contribution in [0.3, 0.4) is 0 Å². The van der Waals surface area contributed by atoms with Gasteiger partial charge in [-0.25, -0.2) is 0 Å². The summed E-state index contributed by atoms with van der Waals surface area (Å²) in [5.74, 6) is 2.42. The highest BCUT2D eigenvalue weighted by molar-refractivity contribution is 5.78. The lowest BCUT2D eigenvalue weighted by Gasteiger charge is -2.26. The summed E-state index contributed by atoms with van der Waals surface area (Å²) >= 11 is 0. The average Bonchev–Trinajstić information content (AvgIpc) is 3.82. The molecule has 0 aliphatic heterocycles. The van der Waals surface area contributed by atoms with Crippen molar-refractivity contribution in [2.24, 2.45) is 17.8 Å². The minimum atomic E-state index is 0.762. The first-order valence-electron chi connectivity index (χ1n) is 16.4. The molecule has 6 rings (SSSR count). The lowest BCUT2D eigenvalue weighted by molar-refractivity contribution is 0.559. The molecule has 0 saturated heterocycles. The molecule has 3 saturated carbocycles. The van der Waals surface area contributed by atoms with Gasteiger partial charge in [0.25, 0.3) is 0 Å². The van der Waals surface area contributed by atoms with Crippen LogP contribution < -0.4 is 4.90 Å². The normalized spacial score (nSPS) is 19.0. The Labute approximate surface area is 248 Å². The molecule has 0 bridgehead atoms. The van der Waals surface area contributed by atoms with Gasteiger partial charge in [0, 0.05) is 17.1 Å². The van der Waals surface area contributed by atoms with E-state index < -0.39 is 0 Å². The molecule has 3 aromatic rings. The van der Waals surface area contributed by atoms with E-state index in [9.17, 15) is 0 Å². The second-order valence-corrected chi connectivity index (χ2v) is 12.7. The van der Waals surface area contributed by atoms with Crippen LogP contribution >= 0.6 is 0 Å². The Bertz CT molecular complexity index is 1220. The van der Waals surface area contributed by atoms with Gasteiger partial charge in [-0.1, -0.05) is 124 Å². The first kappa shape index (κ1) is 27.8. The second-order valence-electron chi connectivity index (χ2n) is 12.7. The van der Waals surface area contributed by atoms with E-state index >= 15 is 0 Å². The number of rotatable bonds is 10. The van der Waals surface area contributed by atoms with Crippen LogP contribution in [0.2, 0.25) is 0 Å². The summed E-state index contributed by atoms with van der Waals surface area (Å²) in [5.41, 5.74) is 7.45. The average molecular weight is 542 g/mol. The van der Waals surface area contributed by atoms with E-state index in [1.807, 2.05) is 0 Å². The van der Waals surface area contributed by atoms with E-state index in [1.54, 1.807) is 0 Å². The van der Waals surface area contributed by atoms with Gasteiger partial charge in [-0.2, -0.15) is 0 Å². The predicted molar refractivity (Wildman–Crippen MR) is 179 cm³/mol. The maximum atomic E-state index is 2.43. The summed E-state index contributed by atoms with van der Waals surface area (Å²) in [6.07, 6.45) is 32.0. The minimum Gasteiger partial charge on any atom is -0.311 e. The van der Waals surface area contributed by atoms with Gasteiger partial charge >= 0.3 is 0 Å². The standard InChI is InChI=1S/C40H47N/c1-2-9-32(8-1)14-7-15-35-20-26-38(27-21-35)41(39-28-22-36(23-29-39)18-16-33-10-3-4-11-33)40-30-24-37(25-31-40)19-17-34-12-5-6-13-34/h7,15-34H,1-6,8-14H2. The lowest BCUT2D eigenvalue weighted by atomic mass is 10.0. The summed E-state index contributed by atoms with van der Waals surface area (Å²) in [7, 11) is 0. The van der Waals surface area contributed by atoms with Gasteiger partial charge in [-0.3, -0.25) is 0 Å². The number of allylic oxidation sites excluding steroid dienone is 3. The molecule has 0 unspecified atom stereocenters. The van der Waals surface area contributed by atoms with Crippen LogP contribution in [0.4, 0.5) is 17.1 Å². The molecule has 0 spiro atoms. The van der Waals surface area contributed by atoms with Crippen LogP contribution in [0, 0.1) is 17.8 Å². The summed E-state index contributed by atoms with van der Waals surface area (Å²) in [6, 6.07) is 27.3. The molecule has 3 aromatic carbocycles. The van der Waals surface area contributed by atoms with E-state index in [0.717, 1.165) is 17.8 Å². The maximum absolute atomic E-state index is 2.43. The fraction of sp³-hybridized carbons (Fsp3) is 0.400. The Kier molecular flexibility index (Phi) is 9.53. The summed E-state index contributed by atoms with van der Waals surface area (Å²) in [4.78, 5) is 2.39. The van der Waals surface area contributed by atoms with Crippen LogP contribution in [0.15, 0.2) is 91.0 Å². The highest BCUT2D eigenvalue weighted by atomic mass is 15.1. The molecule has 1 nitrogen and oxygen atoms in total. The maximum Gasteiger partial charge on any atom is 0.0462 e. The van der Waals surface area contributed by atoms with Gasteiger partial charge in [0.2, 0.25) is 0 Å². The number of anilines is 3. The van der Waals surface area contributed by atoms with Crippen molar-refractivity contribution in [3.8, 4) is 0 Å². The summed E-state index contributed by atoms with van der Waals surface area (Å²) in [6.45, 7) is 0. The molecule has 3 aliphatic rings. The number of hydrogen-bond acceptors (Lipinski definition) is 1. The molecule has 0 heterocycles. The number of nitrogens with zero attached hydrogens (tertiary/aromatic N) is 1. The number of hydrogen-bond donors (Lipinski definition) is 0. The molecule has 1 heteroatoms. The highest BCUT2D eigenvalue weighted by Crippen LogP contribution is 2.36. The third-order valence-electron chi connectivity index (χ3n) is 9.63. The van der Waals surface area contributed by atoms with E-state index in [-0.39, 0.29) is 0 Å². The molecule has 0 radical (unpaired) electrons. The van der Waals surface area contributed by atoms with E-state index in [4.69, 9.17) is 0 Å². The van der Waals surface area contributed by atoms with Crippen molar-refractivity contribution < 1.29 is 0 Å². The zero-order valence-corrected chi connectivity index (χ0v) is 24.8. The molecule has 0 N–H and O–H groups in total. The molecule has 0 aromatic heterocycles. The van der Waals surface area contributed by atoms with E-state index in [2.05, 4.69) is 114 Å². The zero-order valence-electron chi connectivity index (χ0n) is 24.8. The molecule has 212 valence electrons. The van der Waals surface area contributed by atoms with Crippen molar-refractivity contribution in [2.45, 2.75) is 83.5 Å². The Balaban J connectivity index is 1.21.